The topological polar surface area (TPSA) is 44.1 Å². The number of nitriles is 1. The van der Waals surface area contributed by atoms with Crippen molar-refractivity contribution >= 4 is 39.3 Å². The first-order valence-electron chi connectivity index (χ1n) is 7.68. The molecule has 5 heteroatoms. The zero-order valence-electron chi connectivity index (χ0n) is 13.7. The number of halogens is 1. The van der Waals surface area contributed by atoms with E-state index < -0.39 is 0 Å². The summed E-state index contributed by atoms with van der Waals surface area (Å²) < 4.78 is 0.993. The molecule has 2 rings (SSSR count). The summed E-state index contributed by atoms with van der Waals surface area (Å²) in [5.74, 6) is 0.0130. The monoisotopic (exact) mass is 402 g/mol. The number of thioether (sulfide) groups is 1. The van der Waals surface area contributed by atoms with Crippen LogP contribution in [0.3, 0.4) is 0 Å². The minimum atomic E-state index is -0.237. The Bertz CT molecular complexity index is 740. The molecule has 124 valence electrons. The van der Waals surface area contributed by atoms with Crippen LogP contribution in [-0.2, 0) is 4.79 Å². The third-order valence-electron chi connectivity index (χ3n) is 3.52. The van der Waals surface area contributed by atoms with Crippen LogP contribution in [0.25, 0.3) is 0 Å². The van der Waals surface area contributed by atoms with Gasteiger partial charge in [-0.05, 0) is 44.2 Å². The van der Waals surface area contributed by atoms with Crippen molar-refractivity contribution in [3.63, 3.8) is 0 Å². The molecule has 0 saturated carbocycles. The van der Waals surface area contributed by atoms with Gasteiger partial charge in [-0.2, -0.15) is 5.26 Å². The van der Waals surface area contributed by atoms with E-state index in [1.165, 1.54) is 11.8 Å². The Hall–Kier alpha value is -1.77. The van der Waals surface area contributed by atoms with E-state index in [0.717, 1.165) is 20.6 Å². The highest BCUT2D eigenvalue weighted by Crippen LogP contribution is 2.28. The van der Waals surface area contributed by atoms with Crippen LogP contribution < -0.4 is 4.90 Å². The molecule has 0 bridgehead atoms. The van der Waals surface area contributed by atoms with Crippen molar-refractivity contribution in [3.05, 3.63) is 58.6 Å². The fourth-order valence-electron chi connectivity index (χ4n) is 2.27. The van der Waals surface area contributed by atoms with Gasteiger partial charge in [-0.1, -0.05) is 39.7 Å². The van der Waals surface area contributed by atoms with E-state index in [-0.39, 0.29) is 11.2 Å². The molecule has 0 aliphatic carbocycles. The summed E-state index contributed by atoms with van der Waals surface area (Å²) in [6.07, 6.45) is 0.313. The second-order valence-electron chi connectivity index (χ2n) is 5.45. The third kappa shape index (κ3) is 5.12. The van der Waals surface area contributed by atoms with Crippen molar-refractivity contribution in [1.82, 2.24) is 0 Å². The van der Waals surface area contributed by atoms with Crippen molar-refractivity contribution in [2.45, 2.75) is 30.4 Å². The SMILES string of the molecule is Cc1ccc(N(CCC#N)C(=O)C(C)Sc2cccc(Br)c2)cc1. The van der Waals surface area contributed by atoms with Gasteiger partial charge < -0.3 is 4.90 Å². The molecule has 0 aromatic heterocycles. The van der Waals surface area contributed by atoms with Gasteiger partial charge in [-0.15, -0.1) is 11.8 Å². The summed E-state index contributed by atoms with van der Waals surface area (Å²) in [5, 5.41) is 8.66. The normalized spacial score (nSPS) is 11.6. The lowest BCUT2D eigenvalue weighted by Gasteiger charge is -2.25. The summed E-state index contributed by atoms with van der Waals surface area (Å²) in [6.45, 7) is 4.32. The number of benzene rings is 2. The number of rotatable bonds is 6. The number of nitrogens with zero attached hydrogens (tertiary/aromatic N) is 2. The highest BCUT2D eigenvalue weighted by molar-refractivity contribution is 9.10. The molecule has 1 unspecified atom stereocenters. The van der Waals surface area contributed by atoms with Crippen LogP contribution in [0.4, 0.5) is 5.69 Å². The van der Waals surface area contributed by atoms with Gasteiger partial charge >= 0.3 is 0 Å². The molecule has 0 aliphatic rings. The maximum Gasteiger partial charge on any atom is 0.240 e. The van der Waals surface area contributed by atoms with Gasteiger partial charge in [0.1, 0.15) is 0 Å². The van der Waals surface area contributed by atoms with Gasteiger partial charge in [0, 0.05) is 21.6 Å². The van der Waals surface area contributed by atoms with Gasteiger partial charge in [-0.3, -0.25) is 4.79 Å². The number of anilines is 1. The highest BCUT2D eigenvalue weighted by Gasteiger charge is 2.22. The summed E-state index contributed by atoms with van der Waals surface area (Å²) in [4.78, 5) is 15.7. The molecule has 3 nitrogen and oxygen atoms in total. The van der Waals surface area contributed by atoms with Crippen molar-refractivity contribution < 1.29 is 4.79 Å². The first-order valence-corrected chi connectivity index (χ1v) is 9.35. The quantitative estimate of drug-likeness (QED) is 0.624. The Morgan fingerprint density at radius 2 is 2.00 bits per heavy atom. The fourth-order valence-corrected chi connectivity index (χ4v) is 3.81. The second-order valence-corrected chi connectivity index (χ2v) is 7.78. The molecule has 0 radical (unpaired) electrons. The summed E-state index contributed by atoms with van der Waals surface area (Å²) in [5.41, 5.74) is 1.98. The summed E-state index contributed by atoms with van der Waals surface area (Å²) >= 11 is 4.97. The molecule has 2 aromatic carbocycles. The maximum absolute atomic E-state index is 12.9. The molecule has 2 aromatic rings. The van der Waals surface area contributed by atoms with E-state index in [9.17, 15) is 4.79 Å². The van der Waals surface area contributed by atoms with Crippen LogP contribution in [0, 0.1) is 18.3 Å². The number of carbonyl (C=O) groups is 1. The van der Waals surface area contributed by atoms with Crippen molar-refractivity contribution in [1.29, 1.82) is 5.26 Å². The average Bonchev–Trinajstić information content (AvgIpc) is 2.56. The molecule has 0 saturated heterocycles. The first-order chi connectivity index (χ1) is 11.5. The Balaban J connectivity index is 2.17. The van der Waals surface area contributed by atoms with Crippen LogP contribution in [0.15, 0.2) is 57.9 Å². The Kier molecular flexibility index (Phi) is 6.89. The number of aryl methyl sites for hydroxylation is 1. The van der Waals surface area contributed by atoms with E-state index in [1.54, 1.807) is 4.90 Å². The van der Waals surface area contributed by atoms with E-state index in [1.807, 2.05) is 62.4 Å². The number of amides is 1. The molecular weight excluding hydrogens is 384 g/mol. The zero-order chi connectivity index (χ0) is 17.5. The number of hydrogen-bond donors (Lipinski definition) is 0. The molecule has 0 spiro atoms. The van der Waals surface area contributed by atoms with E-state index in [4.69, 9.17) is 5.26 Å². The lowest BCUT2D eigenvalue weighted by molar-refractivity contribution is -0.117. The minimum Gasteiger partial charge on any atom is -0.310 e. The molecule has 0 aliphatic heterocycles. The molecule has 0 fully saturated rings. The largest absolute Gasteiger partial charge is 0.310 e. The third-order valence-corrected chi connectivity index (χ3v) is 5.09. The second kappa shape index (κ2) is 8.91. The van der Waals surface area contributed by atoms with Crippen LogP contribution in [-0.4, -0.2) is 17.7 Å². The van der Waals surface area contributed by atoms with Crippen molar-refractivity contribution in [2.24, 2.45) is 0 Å². The average molecular weight is 403 g/mol. The Morgan fingerprint density at radius 1 is 1.29 bits per heavy atom. The Labute approximate surface area is 155 Å². The maximum atomic E-state index is 12.9. The minimum absolute atomic E-state index is 0.0130. The molecule has 1 atom stereocenters. The number of carbonyl (C=O) groups excluding carboxylic acids is 1. The predicted molar refractivity (Wildman–Crippen MR) is 103 cm³/mol. The van der Waals surface area contributed by atoms with Crippen LogP contribution in [0.5, 0.6) is 0 Å². The molecule has 24 heavy (non-hydrogen) atoms. The molecule has 0 heterocycles. The fraction of sp³-hybridized carbons (Fsp3) is 0.263. The van der Waals surface area contributed by atoms with E-state index >= 15 is 0 Å². The first kappa shape index (κ1) is 18.6. The lowest BCUT2D eigenvalue weighted by atomic mass is 10.2. The molecule has 1 amide bonds. The van der Waals surface area contributed by atoms with Gasteiger partial charge in [-0.25, -0.2) is 0 Å². The van der Waals surface area contributed by atoms with Crippen molar-refractivity contribution in [3.8, 4) is 6.07 Å². The zero-order valence-corrected chi connectivity index (χ0v) is 16.1. The highest BCUT2D eigenvalue weighted by atomic mass is 79.9. The Morgan fingerprint density at radius 3 is 2.62 bits per heavy atom. The van der Waals surface area contributed by atoms with Gasteiger partial charge in [0.2, 0.25) is 5.91 Å². The van der Waals surface area contributed by atoms with Crippen LogP contribution >= 0.6 is 27.7 Å². The summed E-state index contributed by atoms with van der Waals surface area (Å²) in [7, 11) is 0. The predicted octanol–water partition coefficient (Wildman–Crippen LogP) is 5.19. The number of hydrogen-bond acceptors (Lipinski definition) is 3. The van der Waals surface area contributed by atoms with Crippen LogP contribution in [0.2, 0.25) is 0 Å². The van der Waals surface area contributed by atoms with Gasteiger partial charge in [0.15, 0.2) is 0 Å². The smallest absolute Gasteiger partial charge is 0.240 e. The summed E-state index contributed by atoms with van der Waals surface area (Å²) in [6, 6.07) is 17.9. The standard InChI is InChI=1S/C19H19BrN2OS/c1-14-7-9-17(10-8-14)22(12-4-11-21)19(23)15(2)24-18-6-3-5-16(20)13-18/h3,5-10,13,15H,4,12H2,1-2H3. The van der Waals surface area contributed by atoms with Crippen molar-refractivity contribution in [2.75, 3.05) is 11.4 Å². The van der Waals surface area contributed by atoms with Gasteiger partial charge in [0.25, 0.3) is 0 Å². The van der Waals surface area contributed by atoms with Crippen LogP contribution in [0.1, 0.15) is 18.9 Å². The van der Waals surface area contributed by atoms with Gasteiger partial charge in [0.05, 0.1) is 17.7 Å². The molecular formula is C19H19BrN2OS. The van der Waals surface area contributed by atoms with E-state index in [2.05, 4.69) is 22.0 Å². The van der Waals surface area contributed by atoms with E-state index in [0.29, 0.717) is 13.0 Å². The molecule has 0 N–H and O–H groups in total. The lowest BCUT2D eigenvalue weighted by Crippen LogP contribution is -2.37.